The third kappa shape index (κ3) is 9.31. The zero-order valence-electron chi connectivity index (χ0n) is 27.7. The summed E-state index contributed by atoms with van der Waals surface area (Å²) in [5.74, 6) is 1.49. The van der Waals surface area contributed by atoms with Gasteiger partial charge in [-0.15, -0.1) is 0 Å². The number of pyridine rings is 1. The molecule has 4 atom stereocenters. The molecule has 1 aliphatic rings. The summed E-state index contributed by atoms with van der Waals surface area (Å²) in [6, 6.07) is 37.8. The maximum atomic E-state index is 12.8. The second kappa shape index (κ2) is 16.4. The van der Waals surface area contributed by atoms with E-state index >= 15 is 0 Å². The minimum absolute atomic E-state index is 0.00874. The number of carbonyl (C=O) groups is 1. The fourth-order valence-corrected chi connectivity index (χ4v) is 5.83. The summed E-state index contributed by atoms with van der Waals surface area (Å²) in [6.07, 6.45) is 1.75. The van der Waals surface area contributed by atoms with Gasteiger partial charge in [0.2, 0.25) is 0 Å². The van der Waals surface area contributed by atoms with Crippen LogP contribution in [0.2, 0.25) is 0 Å². The van der Waals surface area contributed by atoms with E-state index in [2.05, 4.69) is 34.5 Å². The van der Waals surface area contributed by atoms with Crippen molar-refractivity contribution in [3.63, 3.8) is 0 Å². The van der Waals surface area contributed by atoms with Gasteiger partial charge in [0.25, 0.3) is 0 Å². The number of urea groups is 1. The van der Waals surface area contributed by atoms with Gasteiger partial charge in [-0.25, -0.2) is 4.79 Å². The Labute approximate surface area is 287 Å². The number of carbonyl (C=O) groups excluding carboxylic acids is 1. The number of hydrogen-bond acceptors (Lipinski definition) is 7. The van der Waals surface area contributed by atoms with E-state index in [9.17, 15) is 9.90 Å². The van der Waals surface area contributed by atoms with Crippen molar-refractivity contribution in [2.45, 2.75) is 38.4 Å². The molecule has 0 aliphatic carbocycles. The topological polar surface area (TPSA) is 105 Å². The summed E-state index contributed by atoms with van der Waals surface area (Å²) in [7, 11) is 2.10. The molecule has 1 saturated heterocycles. The highest BCUT2D eigenvalue weighted by Crippen LogP contribution is 2.42. The van der Waals surface area contributed by atoms with Gasteiger partial charge in [-0.2, -0.15) is 0 Å². The maximum Gasteiger partial charge on any atom is 0.323 e. The number of benzene rings is 4. The minimum atomic E-state index is -0.604. The van der Waals surface area contributed by atoms with Gasteiger partial charge in [0.15, 0.2) is 6.29 Å². The first-order valence-corrected chi connectivity index (χ1v) is 16.5. The predicted octanol–water partition coefficient (Wildman–Crippen LogP) is 7.98. The van der Waals surface area contributed by atoms with E-state index in [1.165, 1.54) is 0 Å². The highest BCUT2D eigenvalue weighted by Gasteiger charge is 2.38. The Morgan fingerprint density at radius 1 is 0.796 bits per heavy atom. The largest absolute Gasteiger partial charge is 0.457 e. The number of aliphatic hydroxyl groups excluding tert-OH is 1. The van der Waals surface area contributed by atoms with Crippen molar-refractivity contribution in [3.05, 3.63) is 150 Å². The predicted molar refractivity (Wildman–Crippen MR) is 190 cm³/mol. The van der Waals surface area contributed by atoms with Crippen LogP contribution >= 0.6 is 0 Å². The van der Waals surface area contributed by atoms with Crippen LogP contribution in [-0.2, 0) is 22.5 Å². The summed E-state index contributed by atoms with van der Waals surface area (Å²) in [5.41, 5.74) is 5.08. The molecule has 2 amide bonds. The lowest BCUT2D eigenvalue weighted by molar-refractivity contribution is -0.275. The highest BCUT2D eigenvalue weighted by molar-refractivity contribution is 5.99. The molecule has 252 valence electrons. The number of aliphatic hydroxyl groups is 1. The monoisotopic (exact) mass is 658 g/mol. The summed E-state index contributed by atoms with van der Waals surface area (Å²) in [5, 5.41) is 15.3. The van der Waals surface area contributed by atoms with Gasteiger partial charge in [-0.3, -0.25) is 4.98 Å². The Bertz CT molecular complexity index is 1750. The number of anilines is 2. The van der Waals surface area contributed by atoms with Crippen LogP contribution in [0, 0.1) is 5.92 Å². The van der Waals surface area contributed by atoms with Gasteiger partial charge in [-0.05, 0) is 78.8 Å². The Balaban J connectivity index is 1.09. The first kappa shape index (κ1) is 33.8. The first-order valence-electron chi connectivity index (χ1n) is 16.5. The van der Waals surface area contributed by atoms with Crippen molar-refractivity contribution in [2.24, 2.45) is 5.92 Å². The van der Waals surface area contributed by atoms with E-state index in [0.717, 1.165) is 47.6 Å². The molecule has 6 rings (SSSR count). The van der Waals surface area contributed by atoms with Crippen LogP contribution < -0.4 is 15.4 Å². The molecule has 0 unspecified atom stereocenters. The Morgan fingerprint density at radius 2 is 1.43 bits per heavy atom. The molecule has 0 saturated carbocycles. The molecular weight excluding hydrogens is 616 g/mol. The molecule has 9 heteroatoms. The SMILES string of the molecule is C[C@H]1[C@@H](CN(C)CCc2ccccn2)O[C@@H](c2ccc(NC(=O)Nc3ccc(Oc4ccccc4)cc3)cc2)O[C@H]1c1ccc(CO)cc1. The third-order valence-electron chi connectivity index (χ3n) is 8.62. The lowest BCUT2D eigenvalue weighted by atomic mass is 9.90. The number of rotatable bonds is 12. The highest BCUT2D eigenvalue weighted by atomic mass is 16.7. The van der Waals surface area contributed by atoms with E-state index in [1.54, 1.807) is 12.1 Å². The average molecular weight is 659 g/mol. The number of para-hydroxylation sites is 1. The Morgan fingerprint density at radius 3 is 2.08 bits per heavy atom. The van der Waals surface area contributed by atoms with Gasteiger partial charge >= 0.3 is 6.03 Å². The van der Waals surface area contributed by atoms with Crippen molar-refractivity contribution < 1.29 is 24.1 Å². The number of aromatic nitrogens is 1. The van der Waals surface area contributed by atoms with Crippen molar-refractivity contribution in [1.82, 2.24) is 9.88 Å². The molecule has 0 bridgehead atoms. The van der Waals surface area contributed by atoms with Gasteiger partial charge in [-0.1, -0.05) is 67.6 Å². The lowest BCUT2D eigenvalue weighted by Gasteiger charge is -2.42. The number of hydrogen-bond donors (Lipinski definition) is 3. The van der Waals surface area contributed by atoms with Crippen LogP contribution in [0.25, 0.3) is 0 Å². The minimum Gasteiger partial charge on any atom is -0.457 e. The number of nitrogens with one attached hydrogen (secondary N) is 2. The van der Waals surface area contributed by atoms with Gasteiger partial charge in [0.05, 0.1) is 18.8 Å². The third-order valence-corrected chi connectivity index (χ3v) is 8.62. The van der Waals surface area contributed by atoms with E-state index in [1.807, 2.05) is 115 Å². The van der Waals surface area contributed by atoms with Crippen LogP contribution in [-0.4, -0.2) is 47.3 Å². The number of amides is 2. The van der Waals surface area contributed by atoms with Crippen LogP contribution in [0.4, 0.5) is 16.2 Å². The van der Waals surface area contributed by atoms with Crippen LogP contribution in [0.1, 0.15) is 41.7 Å². The van der Waals surface area contributed by atoms with E-state index in [-0.39, 0.29) is 30.8 Å². The summed E-state index contributed by atoms with van der Waals surface area (Å²) in [6.45, 7) is 3.72. The number of likely N-dealkylation sites (N-methyl/N-ethyl adjacent to an activating group) is 1. The van der Waals surface area contributed by atoms with Crippen molar-refractivity contribution in [1.29, 1.82) is 0 Å². The normalized spacial score (nSPS) is 18.9. The molecule has 3 N–H and O–H groups in total. The zero-order chi connectivity index (χ0) is 34.0. The average Bonchev–Trinajstić information content (AvgIpc) is 3.14. The molecule has 1 aliphatic heterocycles. The van der Waals surface area contributed by atoms with Crippen molar-refractivity contribution >= 4 is 17.4 Å². The van der Waals surface area contributed by atoms with Gasteiger partial charge in [0, 0.05) is 54.3 Å². The number of nitrogens with zero attached hydrogens (tertiary/aromatic N) is 2. The van der Waals surface area contributed by atoms with Crippen molar-refractivity contribution in [3.8, 4) is 11.5 Å². The molecule has 0 spiro atoms. The quantitative estimate of drug-likeness (QED) is 0.125. The van der Waals surface area contributed by atoms with Crippen LogP contribution in [0.3, 0.4) is 0 Å². The molecule has 5 aromatic rings. The van der Waals surface area contributed by atoms with Gasteiger partial charge in [0.1, 0.15) is 11.5 Å². The van der Waals surface area contributed by atoms with Gasteiger partial charge < -0.3 is 34.9 Å². The van der Waals surface area contributed by atoms with Crippen LogP contribution in [0.5, 0.6) is 11.5 Å². The fourth-order valence-electron chi connectivity index (χ4n) is 5.83. The molecule has 2 heterocycles. The molecule has 9 nitrogen and oxygen atoms in total. The summed E-state index contributed by atoms with van der Waals surface area (Å²) < 4.78 is 19.1. The molecular formula is C40H42N4O5. The van der Waals surface area contributed by atoms with Crippen molar-refractivity contribution in [2.75, 3.05) is 30.8 Å². The molecule has 4 aromatic carbocycles. The molecule has 1 aromatic heterocycles. The number of ether oxygens (including phenoxy) is 3. The standard InChI is InChI=1S/C40H42N4O5/c1-28-37(26-44(2)25-23-32-8-6-7-24-41-32)48-39(49-38(28)30-13-11-29(27-45)12-14-30)31-15-17-33(18-16-31)42-40(46)43-34-19-21-36(22-20-34)47-35-9-4-3-5-10-35/h3-22,24,28,37-39,45H,23,25-27H2,1-2H3,(H2,42,43,46)/t28-,37+,38+,39+/m0/s1. The molecule has 0 radical (unpaired) electrons. The Hall–Kier alpha value is -5.06. The smallest absolute Gasteiger partial charge is 0.323 e. The van der Waals surface area contributed by atoms with Crippen LogP contribution in [0.15, 0.2) is 128 Å². The molecule has 49 heavy (non-hydrogen) atoms. The van der Waals surface area contributed by atoms with E-state index in [0.29, 0.717) is 17.1 Å². The Kier molecular flexibility index (Phi) is 11.3. The van der Waals surface area contributed by atoms with E-state index in [4.69, 9.17) is 14.2 Å². The maximum absolute atomic E-state index is 12.8. The fraction of sp³-hybridized carbons (Fsp3) is 0.250. The lowest BCUT2D eigenvalue weighted by Crippen LogP contribution is -2.43. The second-order valence-electron chi connectivity index (χ2n) is 12.3. The molecule has 1 fully saturated rings. The zero-order valence-corrected chi connectivity index (χ0v) is 27.7. The second-order valence-corrected chi connectivity index (χ2v) is 12.3. The first-order chi connectivity index (χ1) is 23.9. The summed E-state index contributed by atoms with van der Waals surface area (Å²) in [4.78, 5) is 19.5. The van der Waals surface area contributed by atoms with E-state index < -0.39 is 6.29 Å². The summed E-state index contributed by atoms with van der Waals surface area (Å²) >= 11 is 0.